The van der Waals surface area contributed by atoms with Gasteiger partial charge in [0.25, 0.3) is 5.97 Å². The third-order valence-corrected chi connectivity index (χ3v) is 0. The fraction of sp³-hybridized carbons (Fsp3) is 0.500. The molecule has 0 rings (SSSR count). The molecule has 7 heavy (non-hydrogen) atoms. The summed E-state index contributed by atoms with van der Waals surface area (Å²) in [6.07, 6.45) is 0. The van der Waals surface area contributed by atoms with Crippen LogP contribution in [-0.2, 0) is 4.79 Å². The maximum atomic E-state index is 9.00. The van der Waals surface area contributed by atoms with Gasteiger partial charge in [-0.1, -0.05) is 0 Å². The molecule has 42 valence electrons. The molecule has 0 aliphatic heterocycles. The number of aliphatic carboxylic acids is 1. The van der Waals surface area contributed by atoms with Crippen LogP contribution in [0.2, 0.25) is 0 Å². The molecule has 2 radical (unpaired) electrons. The van der Waals surface area contributed by atoms with Gasteiger partial charge in [-0.2, -0.15) is 0 Å². The van der Waals surface area contributed by atoms with Crippen molar-refractivity contribution < 1.29 is 34.7 Å². The van der Waals surface area contributed by atoms with Crippen molar-refractivity contribution in [2.75, 3.05) is 0 Å². The second kappa shape index (κ2) is 15.8. The number of carbonyl (C=O) groups is 1. The number of carboxylic acids is 1. The van der Waals surface area contributed by atoms with Crippen molar-refractivity contribution in [2.45, 2.75) is 6.92 Å². The zero-order chi connectivity index (χ0) is 3.58. The Hall–Kier alpha value is 0.849. The van der Waals surface area contributed by atoms with Gasteiger partial charge < -0.3 is 29.9 Å². The summed E-state index contributed by atoms with van der Waals surface area (Å²) in [6.45, 7) is 1.08. The molecule has 0 bridgehead atoms. The first kappa shape index (κ1) is 24.9. The third kappa shape index (κ3) is 224. The molecule has 0 aromatic heterocycles. The average Bonchev–Trinajstić information content (AvgIpc) is 0.811. The zero-order valence-electron chi connectivity index (χ0n) is 3.61. The van der Waals surface area contributed by atoms with Crippen LogP contribution in [0.3, 0.4) is 0 Å². The molecule has 1 N–H and O–H groups in total. The monoisotopic (exact) mass is 250 g/mol. The van der Waals surface area contributed by atoms with E-state index in [0.29, 0.717) is 0 Å². The van der Waals surface area contributed by atoms with Gasteiger partial charge in [-0.25, -0.2) is 0 Å². The van der Waals surface area contributed by atoms with E-state index in [2.05, 4.69) is 0 Å². The van der Waals surface area contributed by atoms with Crippen LogP contribution in [0.5, 0.6) is 0 Å². The third-order valence-electron chi connectivity index (χ3n) is 0. The Morgan fingerprint density at radius 2 is 1.43 bits per heavy atom. The van der Waals surface area contributed by atoms with Crippen molar-refractivity contribution in [2.24, 2.45) is 0 Å². The van der Waals surface area contributed by atoms with E-state index < -0.39 is 5.97 Å². The van der Waals surface area contributed by atoms with Crippen LogP contribution in [0.25, 0.3) is 0 Å². The van der Waals surface area contributed by atoms with Gasteiger partial charge in [-0.05, 0) is 0 Å². The van der Waals surface area contributed by atoms with Crippen LogP contribution >= 0.6 is 0 Å². The van der Waals surface area contributed by atoms with Crippen LogP contribution in [0.4, 0.5) is 0 Å². The molecular formula is C2H4Cl2O2Sn. The summed E-state index contributed by atoms with van der Waals surface area (Å²) in [6, 6.07) is 0. The molecule has 0 aliphatic rings. The Labute approximate surface area is 71.4 Å². The molecule has 0 amide bonds. The number of carboxylic acid groups (broad SMARTS) is 1. The summed E-state index contributed by atoms with van der Waals surface area (Å²) in [5.41, 5.74) is 0. The van der Waals surface area contributed by atoms with Crippen molar-refractivity contribution in [1.82, 2.24) is 0 Å². The first-order valence-corrected chi connectivity index (χ1v) is 0.928. The summed E-state index contributed by atoms with van der Waals surface area (Å²) in [5.74, 6) is -0.833. The fourth-order valence-electron chi connectivity index (χ4n) is 0. The summed E-state index contributed by atoms with van der Waals surface area (Å²) in [5, 5.41) is 7.42. The first-order valence-electron chi connectivity index (χ1n) is 0.928. The van der Waals surface area contributed by atoms with Crippen LogP contribution < -0.4 is 24.8 Å². The molecule has 0 aromatic carbocycles. The van der Waals surface area contributed by atoms with Crippen molar-refractivity contribution in [3.8, 4) is 0 Å². The van der Waals surface area contributed by atoms with E-state index >= 15 is 0 Å². The fourth-order valence-corrected chi connectivity index (χ4v) is 0. The first-order chi connectivity index (χ1) is 1.73. The Balaban J connectivity index is -0.0000000150. The van der Waals surface area contributed by atoms with Crippen LogP contribution in [-0.4, -0.2) is 35.0 Å². The smallest absolute Gasteiger partial charge is 1.00 e. The summed E-state index contributed by atoms with van der Waals surface area (Å²) < 4.78 is 0. The normalized spacial score (nSPS) is 3.57. The predicted molar refractivity (Wildman–Crippen MR) is 19.1 cm³/mol. The second-order valence-corrected chi connectivity index (χ2v) is 0.519. The van der Waals surface area contributed by atoms with E-state index in [1.807, 2.05) is 0 Å². The van der Waals surface area contributed by atoms with Gasteiger partial charge in [0.2, 0.25) is 0 Å². The topological polar surface area (TPSA) is 37.3 Å². The quantitative estimate of drug-likeness (QED) is 0.434. The molecule has 2 nitrogen and oxygen atoms in total. The molecule has 0 heterocycles. The van der Waals surface area contributed by atoms with E-state index in [1.54, 1.807) is 0 Å². The Bertz CT molecular complexity index is 36.7. The molecule has 0 saturated heterocycles. The van der Waals surface area contributed by atoms with Crippen molar-refractivity contribution in [3.05, 3.63) is 0 Å². The minimum Gasteiger partial charge on any atom is -1.00 e. The van der Waals surface area contributed by atoms with E-state index in [4.69, 9.17) is 9.90 Å². The molecule has 0 saturated carbocycles. The molecule has 5 heteroatoms. The number of hydrogen-bond acceptors (Lipinski definition) is 1. The van der Waals surface area contributed by atoms with E-state index in [-0.39, 0.29) is 48.7 Å². The minimum atomic E-state index is -0.833. The van der Waals surface area contributed by atoms with Gasteiger partial charge in [-0.3, -0.25) is 4.79 Å². The van der Waals surface area contributed by atoms with Crippen LogP contribution in [0.1, 0.15) is 6.92 Å². The van der Waals surface area contributed by atoms with Crippen molar-refractivity contribution in [1.29, 1.82) is 0 Å². The standard InChI is InChI=1S/C2H4O2.2ClH.Sn/c1-2(3)4;;;/h1H3,(H,3,4);2*1H;/q;;;+2/p-2. The molecule has 0 aromatic rings. The number of rotatable bonds is 0. The van der Waals surface area contributed by atoms with Crippen LogP contribution in [0.15, 0.2) is 0 Å². The maximum Gasteiger partial charge on any atom is 2.00 e. The molecular weight excluding hydrogens is 246 g/mol. The summed E-state index contributed by atoms with van der Waals surface area (Å²) in [4.78, 5) is 9.00. The molecule has 0 fully saturated rings. The largest absolute Gasteiger partial charge is 2.00 e. The molecule has 0 atom stereocenters. The SMILES string of the molecule is CC(=O)O.[Cl-].[Cl-].[Sn+2]. The van der Waals surface area contributed by atoms with Gasteiger partial charge in [-0.15, -0.1) is 0 Å². The van der Waals surface area contributed by atoms with Gasteiger partial charge in [0.15, 0.2) is 0 Å². The molecule has 0 spiro atoms. The Morgan fingerprint density at radius 1 is 1.43 bits per heavy atom. The van der Waals surface area contributed by atoms with Crippen LogP contribution in [0, 0.1) is 0 Å². The number of hydrogen-bond donors (Lipinski definition) is 1. The van der Waals surface area contributed by atoms with Gasteiger partial charge in [0.05, 0.1) is 0 Å². The second-order valence-electron chi connectivity index (χ2n) is 0.519. The van der Waals surface area contributed by atoms with Gasteiger partial charge in [0, 0.05) is 6.92 Å². The van der Waals surface area contributed by atoms with Crippen molar-refractivity contribution in [3.63, 3.8) is 0 Å². The summed E-state index contributed by atoms with van der Waals surface area (Å²) in [7, 11) is 0. The van der Waals surface area contributed by atoms with Gasteiger partial charge >= 0.3 is 23.9 Å². The van der Waals surface area contributed by atoms with E-state index in [9.17, 15) is 0 Å². The van der Waals surface area contributed by atoms with E-state index in [1.165, 1.54) is 0 Å². The Morgan fingerprint density at radius 3 is 1.43 bits per heavy atom. The minimum absolute atomic E-state index is 0. The van der Waals surface area contributed by atoms with E-state index in [0.717, 1.165) is 6.92 Å². The maximum absolute atomic E-state index is 9.00. The predicted octanol–water partition coefficient (Wildman–Crippen LogP) is -6.28. The van der Waals surface area contributed by atoms with Gasteiger partial charge in [0.1, 0.15) is 0 Å². The Kier molecular flexibility index (Phi) is 56.2. The summed E-state index contributed by atoms with van der Waals surface area (Å²) >= 11 is 0. The molecule has 0 aliphatic carbocycles. The average molecular weight is 250 g/mol. The van der Waals surface area contributed by atoms with Crippen molar-refractivity contribution >= 4 is 29.9 Å². The number of halogens is 2. The zero-order valence-corrected chi connectivity index (χ0v) is 7.98. The molecule has 0 unspecified atom stereocenters.